The van der Waals surface area contributed by atoms with Crippen LogP contribution in [0.4, 0.5) is 5.69 Å². The fourth-order valence-corrected chi connectivity index (χ4v) is 3.60. The third-order valence-electron chi connectivity index (χ3n) is 5.50. The standard InChI is InChI=1S/C25H35NO4/c1-2-3-4-5-6-7-8-9-10-18-30-25(29)20-14-16-21(17-15-20)26-19-22-23(27)12-11-13-24(22)28/h14-17,19,22H,2-13,18H2,1H3. The number of carbonyl (C=O) groups excluding carboxylic acids is 3. The zero-order valence-electron chi connectivity index (χ0n) is 18.2. The molecule has 0 N–H and O–H groups in total. The summed E-state index contributed by atoms with van der Waals surface area (Å²) in [6.07, 6.45) is 14.0. The largest absolute Gasteiger partial charge is 0.462 e. The van der Waals surface area contributed by atoms with Gasteiger partial charge in [0.2, 0.25) is 0 Å². The fourth-order valence-electron chi connectivity index (χ4n) is 3.60. The molecule has 0 atom stereocenters. The molecule has 1 aliphatic rings. The highest BCUT2D eigenvalue weighted by Gasteiger charge is 2.28. The Hall–Kier alpha value is -2.30. The van der Waals surface area contributed by atoms with E-state index in [0.717, 1.165) is 12.8 Å². The Labute approximate surface area is 180 Å². The predicted octanol–water partition coefficient (Wildman–Crippen LogP) is 6.01. The molecule has 1 fully saturated rings. The van der Waals surface area contributed by atoms with E-state index in [1.807, 2.05) is 0 Å². The van der Waals surface area contributed by atoms with Crippen LogP contribution in [0.1, 0.15) is 94.3 Å². The second-order valence-corrected chi connectivity index (χ2v) is 8.05. The summed E-state index contributed by atoms with van der Waals surface area (Å²) in [5.41, 5.74) is 1.09. The first-order valence-corrected chi connectivity index (χ1v) is 11.5. The number of hydrogen-bond acceptors (Lipinski definition) is 5. The first kappa shape index (κ1) is 24.0. The van der Waals surface area contributed by atoms with Gasteiger partial charge in [0.1, 0.15) is 17.5 Å². The van der Waals surface area contributed by atoms with Crippen LogP contribution < -0.4 is 0 Å². The van der Waals surface area contributed by atoms with Crippen LogP contribution in [0.3, 0.4) is 0 Å². The van der Waals surface area contributed by atoms with E-state index in [1.54, 1.807) is 24.3 Å². The van der Waals surface area contributed by atoms with E-state index in [0.29, 0.717) is 37.1 Å². The Morgan fingerprint density at radius 1 is 0.933 bits per heavy atom. The molecule has 0 unspecified atom stereocenters. The van der Waals surface area contributed by atoms with Gasteiger partial charge in [0.05, 0.1) is 17.9 Å². The van der Waals surface area contributed by atoms with Gasteiger partial charge in [-0.15, -0.1) is 0 Å². The van der Waals surface area contributed by atoms with Gasteiger partial charge < -0.3 is 4.74 Å². The fraction of sp³-hybridized carbons (Fsp3) is 0.600. The van der Waals surface area contributed by atoms with Crippen LogP contribution in [0, 0.1) is 5.92 Å². The van der Waals surface area contributed by atoms with E-state index in [9.17, 15) is 14.4 Å². The number of hydrogen-bond donors (Lipinski definition) is 0. The highest BCUT2D eigenvalue weighted by atomic mass is 16.5. The van der Waals surface area contributed by atoms with E-state index >= 15 is 0 Å². The Kier molecular flexibility index (Phi) is 11.1. The number of benzene rings is 1. The van der Waals surface area contributed by atoms with Gasteiger partial charge in [-0.05, 0) is 37.1 Å². The quantitative estimate of drug-likeness (QED) is 0.172. The van der Waals surface area contributed by atoms with Crippen LogP contribution in [0.25, 0.3) is 0 Å². The van der Waals surface area contributed by atoms with Crippen LogP contribution in [0.15, 0.2) is 29.3 Å². The van der Waals surface area contributed by atoms with Gasteiger partial charge in [0, 0.05) is 19.1 Å². The van der Waals surface area contributed by atoms with Gasteiger partial charge in [0.25, 0.3) is 0 Å². The van der Waals surface area contributed by atoms with Crippen LogP contribution in [-0.2, 0) is 14.3 Å². The molecule has 30 heavy (non-hydrogen) atoms. The van der Waals surface area contributed by atoms with E-state index in [-0.39, 0.29) is 17.5 Å². The van der Waals surface area contributed by atoms with Gasteiger partial charge in [-0.1, -0.05) is 58.3 Å². The number of ketones is 2. The van der Waals surface area contributed by atoms with Crippen LogP contribution in [0.5, 0.6) is 0 Å². The highest BCUT2D eigenvalue weighted by molar-refractivity contribution is 6.16. The van der Waals surface area contributed by atoms with Crippen molar-refractivity contribution in [1.82, 2.24) is 0 Å². The van der Waals surface area contributed by atoms with Gasteiger partial charge in [0.15, 0.2) is 0 Å². The summed E-state index contributed by atoms with van der Waals surface area (Å²) in [6, 6.07) is 6.72. The summed E-state index contributed by atoms with van der Waals surface area (Å²) in [5, 5.41) is 0. The summed E-state index contributed by atoms with van der Waals surface area (Å²) in [6.45, 7) is 2.68. The lowest BCUT2D eigenvalue weighted by atomic mass is 9.87. The number of ether oxygens (including phenoxy) is 1. The minimum Gasteiger partial charge on any atom is -0.462 e. The SMILES string of the molecule is CCCCCCCCCCCOC(=O)c1ccc(N=CC2C(=O)CCCC2=O)cc1. The monoisotopic (exact) mass is 413 g/mol. The summed E-state index contributed by atoms with van der Waals surface area (Å²) in [4.78, 5) is 40.0. The number of aliphatic imine (C=N–C) groups is 1. The van der Waals surface area contributed by atoms with Gasteiger partial charge in [-0.25, -0.2) is 4.79 Å². The third kappa shape index (κ3) is 8.60. The molecule has 0 saturated heterocycles. The van der Waals surface area contributed by atoms with Crippen molar-refractivity contribution in [3.05, 3.63) is 29.8 Å². The van der Waals surface area contributed by atoms with Crippen molar-refractivity contribution >= 4 is 29.4 Å². The normalized spacial score (nSPS) is 15.1. The van der Waals surface area contributed by atoms with Crippen molar-refractivity contribution in [3.63, 3.8) is 0 Å². The maximum Gasteiger partial charge on any atom is 0.338 e. The van der Waals surface area contributed by atoms with E-state index < -0.39 is 5.92 Å². The molecule has 0 aromatic heterocycles. The topological polar surface area (TPSA) is 72.8 Å². The van der Waals surface area contributed by atoms with Gasteiger partial charge in [-0.3, -0.25) is 14.6 Å². The molecule has 5 nitrogen and oxygen atoms in total. The molecule has 2 rings (SSSR count). The Morgan fingerprint density at radius 2 is 1.50 bits per heavy atom. The minimum absolute atomic E-state index is 0.0632. The lowest BCUT2D eigenvalue weighted by Gasteiger charge is -2.14. The molecule has 1 aromatic carbocycles. The van der Waals surface area contributed by atoms with Crippen molar-refractivity contribution in [2.24, 2.45) is 10.9 Å². The van der Waals surface area contributed by atoms with E-state index in [2.05, 4.69) is 11.9 Å². The number of nitrogens with zero attached hydrogens (tertiary/aromatic N) is 1. The van der Waals surface area contributed by atoms with E-state index in [4.69, 9.17) is 4.74 Å². The molecular formula is C25H35NO4. The average molecular weight is 414 g/mol. The second-order valence-electron chi connectivity index (χ2n) is 8.05. The summed E-state index contributed by atoms with van der Waals surface area (Å²) < 4.78 is 5.34. The second kappa shape index (κ2) is 13.8. The molecule has 1 saturated carbocycles. The molecule has 0 spiro atoms. The zero-order chi connectivity index (χ0) is 21.6. The molecule has 1 aliphatic carbocycles. The molecule has 5 heteroatoms. The average Bonchev–Trinajstić information content (AvgIpc) is 2.75. The summed E-state index contributed by atoms with van der Waals surface area (Å²) in [7, 11) is 0. The Bertz CT molecular complexity index is 692. The Morgan fingerprint density at radius 3 is 2.10 bits per heavy atom. The lowest BCUT2D eigenvalue weighted by molar-refractivity contribution is -0.132. The molecule has 1 aromatic rings. The van der Waals surface area contributed by atoms with Crippen molar-refractivity contribution in [2.75, 3.05) is 6.61 Å². The maximum absolute atomic E-state index is 12.1. The van der Waals surface area contributed by atoms with Gasteiger partial charge >= 0.3 is 5.97 Å². The molecule has 0 heterocycles. The number of esters is 1. The van der Waals surface area contributed by atoms with Crippen LogP contribution in [-0.4, -0.2) is 30.4 Å². The molecule has 0 radical (unpaired) electrons. The molecule has 0 amide bonds. The van der Waals surface area contributed by atoms with Gasteiger partial charge in [-0.2, -0.15) is 0 Å². The highest BCUT2D eigenvalue weighted by Crippen LogP contribution is 2.19. The Balaban J connectivity index is 1.64. The lowest BCUT2D eigenvalue weighted by Crippen LogP contribution is -2.29. The van der Waals surface area contributed by atoms with Crippen molar-refractivity contribution in [3.8, 4) is 0 Å². The first-order valence-electron chi connectivity index (χ1n) is 11.5. The van der Waals surface area contributed by atoms with Crippen molar-refractivity contribution in [1.29, 1.82) is 0 Å². The number of unbranched alkanes of at least 4 members (excludes halogenated alkanes) is 8. The molecule has 164 valence electrons. The summed E-state index contributed by atoms with van der Waals surface area (Å²) >= 11 is 0. The summed E-state index contributed by atoms with van der Waals surface area (Å²) in [5.74, 6) is -1.18. The van der Waals surface area contributed by atoms with Crippen molar-refractivity contribution in [2.45, 2.75) is 84.0 Å². The maximum atomic E-state index is 12.1. The first-order chi connectivity index (χ1) is 14.6. The smallest absolute Gasteiger partial charge is 0.338 e. The molecule has 0 bridgehead atoms. The van der Waals surface area contributed by atoms with Crippen LogP contribution >= 0.6 is 0 Å². The molecular weight excluding hydrogens is 378 g/mol. The molecule has 0 aliphatic heterocycles. The zero-order valence-corrected chi connectivity index (χ0v) is 18.2. The van der Waals surface area contributed by atoms with E-state index in [1.165, 1.54) is 51.2 Å². The minimum atomic E-state index is -0.722. The van der Waals surface area contributed by atoms with Crippen LogP contribution in [0.2, 0.25) is 0 Å². The number of Topliss-reactive ketones (excluding diaryl/α,β-unsaturated/α-hetero) is 2. The predicted molar refractivity (Wildman–Crippen MR) is 119 cm³/mol. The number of rotatable bonds is 13. The number of carbonyl (C=O) groups is 3. The third-order valence-corrected chi connectivity index (χ3v) is 5.50. The van der Waals surface area contributed by atoms with Crippen molar-refractivity contribution < 1.29 is 19.1 Å².